The minimum atomic E-state index is -1.38. The van der Waals surface area contributed by atoms with Gasteiger partial charge in [0.1, 0.15) is 6.04 Å². The van der Waals surface area contributed by atoms with Crippen LogP contribution in [0, 0.1) is 5.41 Å². The van der Waals surface area contributed by atoms with Gasteiger partial charge in [-0.3, -0.25) is 10.1 Å². The van der Waals surface area contributed by atoms with E-state index in [9.17, 15) is 9.90 Å². The van der Waals surface area contributed by atoms with E-state index in [0.717, 1.165) is 0 Å². The van der Waals surface area contributed by atoms with Crippen LogP contribution in [0.2, 0.25) is 6.32 Å². The highest BCUT2D eigenvalue weighted by Gasteiger charge is 2.52. The van der Waals surface area contributed by atoms with Gasteiger partial charge in [-0.25, -0.2) is 0 Å². The molecule has 6 nitrogen and oxygen atoms in total. The minimum Gasteiger partial charge on any atom is -0.480 e. The van der Waals surface area contributed by atoms with E-state index in [0.29, 0.717) is 12.8 Å². The monoisotopic (exact) mass is 245 g/mol. The van der Waals surface area contributed by atoms with E-state index in [1.165, 1.54) is 0 Å². The zero-order chi connectivity index (χ0) is 13.2. The van der Waals surface area contributed by atoms with E-state index in [1.54, 1.807) is 13.8 Å². The van der Waals surface area contributed by atoms with E-state index in [1.807, 2.05) is 0 Å². The van der Waals surface area contributed by atoms with Crippen LogP contribution in [0.25, 0.3) is 0 Å². The molecule has 1 fully saturated rings. The molecule has 1 rings (SSSR count). The molecule has 17 heavy (non-hydrogen) atoms. The maximum absolute atomic E-state index is 11.1. The van der Waals surface area contributed by atoms with Gasteiger partial charge in [-0.2, -0.15) is 0 Å². The predicted molar refractivity (Wildman–Crippen MR) is 62.4 cm³/mol. The molecule has 0 aromatic carbocycles. The largest absolute Gasteiger partial charge is 0.480 e. The molecule has 0 aliphatic carbocycles. The fourth-order valence-corrected chi connectivity index (χ4v) is 2.60. The van der Waals surface area contributed by atoms with Crippen molar-refractivity contribution < 1.29 is 25.1 Å². The second-order valence-electron chi connectivity index (χ2n) is 5.05. The second kappa shape index (κ2) is 5.35. The Bertz CT molecular complexity index is 288. The van der Waals surface area contributed by atoms with Crippen LogP contribution < -0.4 is 5.32 Å². The van der Waals surface area contributed by atoms with Crippen LogP contribution in [0.5, 0.6) is 0 Å². The van der Waals surface area contributed by atoms with Gasteiger partial charge < -0.3 is 20.3 Å². The third kappa shape index (κ3) is 2.98. The van der Waals surface area contributed by atoms with Crippen molar-refractivity contribution in [2.75, 3.05) is 0 Å². The molecule has 0 aromatic heterocycles. The number of aliphatic carboxylic acids is 1. The molecule has 0 bridgehead atoms. The molecule has 5 N–H and O–H groups in total. The van der Waals surface area contributed by atoms with Gasteiger partial charge in [0.2, 0.25) is 0 Å². The van der Waals surface area contributed by atoms with Crippen molar-refractivity contribution in [3.05, 3.63) is 0 Å². The molecule has 0 spiro atoms. The molecule has 1 saturated heterocycles. The number of carbonyl (C=O) groups is 1. The molecule has 7 heteroatoms. The Morgan fingerprint density at radius 3 is 2.53 bits per heavy atom. The van der Waals surface area contributed by atoms with Crippen LogP contribution in [0.15, 0.2) is 0 Å². The molecule has 0 amide bonds. The Morgan fingerprint density at radius 1 is 1.47 bits per heavy atom. The van der Waals surface area contributed by atoms with E-state index in [2.05, 4.69) is 5.32 Å². The Labute approximate surface area is 101 Å². The number of hydrogen-bond donors (Lipinski definition) is 5. The number of rotatable bonds is 5. The zero-order valence-electron chi connectivity index (χ0n) is 10.1. The number of aliphatic hydroxyl groups excluding tert-OH is 1. The Morgan fingerprint density at radius 2 is 2.06 bits per heavy atom. The van der Waals surface area contributed by atoms with Gasteiger partial charge in [0.05, 0.1) is 6.10 Å². The van der Waals surface area contributed by atoms with Gasteiger partial charge in [-0.05, 0) is 19.7 Å². The summed E-state index contributed by atoms with van der Waals surface area (Å²) in [7, 11) is -1.38. The minimum absolute atomic E-state index is 0.184. The van der Waals surface area contributed by atoms with Gasteiger partial charge >= 0.3 is 13.1 Å². The summed E-state index contributed by atoms with van der Waals surface area (Å²) in [6, 6.07) is -1.08. The van der Waals surface area contributed by atoms with Gasteiger partial charge in [0.25, 0.3) is 0 Å². The van der Waals surface area contributed by atoms with E-state index in [-0.39, 0.29) is 12.4 Å². The number of nitrogens with one attached hydrogen (secondary N) is 1. The Balaban J connectivity index is 2.70. The van der Waals surface area contributed by atoms with Gasteiger partial charge in [-0.15, -0.1) is 0 Å². The Hall–Kier alpha value is -0.625. The lowest BCUT2D eigenvalue weighted by atomic mass is 9.72. The molecular formula is C10H20BNO5. The summed E-state index contributed by atoms with van der Waals surface area (Å²) in [5, 5.41) is 39.6. The van der Waals surface area contributed by atoms with E-state index in [4.69, 9.17) is 15.2 Å². The van der Waals surface area contributed by atoms with E-state index >= 15 is 0 Å². The first-order valence-electron chi connectivity index (χ1n) is 5.82. The Kier molecular flexibility index (Phi) is 4.54. The molecule has 1 aliphatic rings. The van der Waals surface area contributed by atoms with Crippen molar-refractivity contribution in [2.45, 2.75) is 51.2 Å². The third-order valence-electron chi connectivity index (χ3n) is 3.66. The maximum atomic E-state index is 11.1. The molecule has 1 aliphatic heterocycles. The van der Waals surface area contributed by atoms with Crippen LogP contribution in [0.4, 0.5) is 0 Å². The van der Waals surface area contributed by atoms with Crippen molar-refractivity contribution in [1.82, 2.24) is 5.32 Å². The van der Waals surface area contributed by atoms with Crippen LogP contribution >= 0.6 is 0 Å². The highest BCUT2D eigenvalue weighted by atomic mass is 16.4. The molecule has 0 saturated carbocycles. The molecule has 4 atom stereocenters. The number of carboxylic acid groups (broad SMARTS) is 1. The van der Waals surface area contributed by atoms with E-state index < -0.39 is 30.6 Å². The highest BCUT2D eigenvalue weighted by Crippen LogP contribution is 2.39. The summed E-state index contributed by atoms with van der Waals surface area (Å²) in [6.45, 7) is 3.46. The second-order valence-corrected chi connectivity index (χ2v) is 5.05. The van der Waals surface area contributed by atoms with Crippen molar-refractivity contribution in [3.8, 4) is 0 Å². The quantitative estimate of drug-likeness (QED) is 0.399. The summed E-state index contributed by atoms with van der Waals surface area (Å²) < 4.78 is 0. The average Bonchev–Trinajstić information content (AvgIpc) is 2.43. The number of carboxylic acids is 1. The lowest BCUT2D eigenvalue weighted by Gasteiger charge is -2.31. The van der Waals surface area contributed by atoms with Crippen molar-refractivity contribution in [2.24, 2.45) is 5.41 Å². The first-order valence-corrected chi connectivity index (χ1v) is 5.82. The molecule has 0 unspecified atom stereocenters. The fourth-order valence-electron chi connectivity index (χ4n) is 2.60. The molecule has 1 heterocycles. The van der Waals surface area contributed by atoms with Crippen LogP contribution in [-0.4, -0.2) is 51.5 Å². The topological polar surface area (TPSA) is 110 Å². The first kappa shape index (κ1) is 14.4. The highest BCUT2D eigenvalue weighted by molar-refractivity contribution is 6.40. The SMILES string of the molecule is C[C@H]1N[C@H](C(=O)O)[C@](C)(CCCB(O)O)[C@@H]1O. The summed E-state index contributed by atoms with van der Waals surface area (Å²) in [4.78, 5) is 11.1. The van der Waals surface area contributed by atoms with Crippen molar-refractivity contribution in [3.63, 3.8) is 0 Å². The standard InChI is InChI=1S/C10H20BNO5/c1-6-8(13)10(2,4-3-5-11(16)17)7(12-6)9(14)15/h6-8,12-13,16-17H,3-5H2,1-2H3,(H,14,15)/t6-,7-,8-,10+/m1/s1. The van der Waals surface area contributed by atoms with Crippen LogP contribution in [-0.2, 0) is 4.79 Å². The lowest BCUT2D eigenvalue weighted by molar-refractivity contribution is -0.143. The molecular weight excluding hydrogens is 225 g/mol. The van der Waals surface area contributed by atoms with Crippen LogP contribution in [0.1, 0.15) is 26.7 Å². The van der Waals surface area contributed by atoms with Gasteiger partial charge in [0.15, 0.2) is 0 Å². The molecule has 98 valence electrons. The molecule has 0 aromatic rings. The fraction of sp³-hybridized carbons (Fsp3) is 0.900. The predicted octanol–water partition coefficient (Wildman–Crippen LogP) is -0.948. The smallest absolute Gasteiger partial charge is 0.451 e. The summed E-state index contributed by atoms with van der Waals surface area (Å²) in [6.07, 6.45) is 0.325. The number of aliphatic hydroxyl groups is 1. The van der Waals surface area contributed by atoms with Gasteiger partial charge in [0, 0.05) is 11.5 Å². The molecule has 0 radical (unpaired) electrons. The third-order valence-corrected chi connectivity index (χ3v) is 3.66. The average molecular weight is 245 g/mol. The van der Waals surface area contributed by atoms with Crippen molar-refractivity contribution >= 4 is 13.1 Å². The van der Waals surface area contributed by atoms with Crippen molar-refractivity contribution in [1.29, 1.82) is 0 Å². The normalized spacial score (nSPS) is 37.1. The first-order chi connectivity index (χ1) is 7.79. The number of hydrogen-bond acceptors (Lipinski definition) is 5. The lowest BCUT2D eigenvalue weighted by Crippen LogP contribution is -2.44. The summed E-state index contributed by atoms with van der Waals surface area (Å²) in [5.74, 6) is -0.986. The zero-order valence-corrected chi connectivity index (χ0v) is 10.1. The van der Waals surface area contributed by atoms with Gasteiger partial charge in [-0.1, -0.05) is 13.3 Å². The van der Waals surface area contributed by atoms with Crippen LogP contribution in [0.3, 0.4) is 0 Å². The maximum Gasteiger partial charge on any atom is 0.451 e. The summed E-state index contributed by atoms with van der Waals surface area (Å²) in [5.41, 5.74) is -0.778. The summed E-state index contributed by atoms with van der Waals surface area (Å²) >= 11 is 0.